The molecule has 0 bridgehead atoms. The Kier molecular flexibility index (Phi) is 6.83. The number of benzene rings is 1. The number of aromatic nitrogens is 3. The van der Waals surface area contributed by atoms with E-state index in [-0.39, 0.29) is 16.7 Å². The Morgan fingerprint density at radius 2 is 2.28 bits per heavy atom. The molecule has 6 nitrogen and oxygen atoms in total. The first-order valence-corrected chi connectivity index (χ1v) is 8.68. The molecule has 1 atom stereocenters. The number of allylic oxidation sites excluding steroid dienone is 1. The van der Waals surface area contributed by atoms with Crippen molar-refractivity contribution in [3.63, 3.8) is 0 Å². The van der Waals surface area contributed by atoms with E-state index in [9.17, 15) is 9.18 Å². The smallest absolute Gasteiger partial charge is 0.316 e. The van der Waals surface area contributed by atoms with Crippen molar-refractivity contribution in [1.82, 2.24) is 14.8 Å². The summed E-state index contributed by atoms with van der Waals surface area (Å²) in [6.07, 6.45) is 1.19. The van der Waals surface area contributed by atoms with E-state index in [4.69, 9.17) is 16.3 Å². The molecule has 9 heteroatoms. The van der Waals surface area contributed by atoms with E-state index in [1.165, 1.54) is 37.1 Å². The molecule has 0 radical (unpaired) electrons. The fraction of sp³-hybridized carbons (Fsp3) is 0.312. The lowest BCUT2D eigenvalue weighted by atomic mass is 10.3. The number of nitrogens with zero attached hydrogens (tertiary/aromatic N) is 3. The molecular weight excluding hydrogens is 369 g/mol. The molecule has 0 spiro atoms. The Hall–Kier alpha value is -2.06. The maximum atomic E-state index is 13.1. The molecule has 25 heavy (non-hydrogen) atoms. The van der Waals surface area contributed by atoms with E-state index < -0.39 is 11.9 Å². The molecule has 1 aromatic carbocycles. The maximum absolute atomic E-state index is 13.1. The van der Waals surface area contributed by atoms with Crippen LogP contribution >= 0.6 is 23.4 Å². The van der Waals surface area contributed by atoms with Crippen LogP contribution in [0.3, 0.4) is 0 Å². The number of carbonyl (C=O) groups excluding carboxylic acids is 1. The Balaban J connectivity index is 2.20. The topological polar surface area (TPSA) is 66.2 Å². The monoisotopic (exact) mass is 385 g/mol. The van der Waals surface area contributed by atoms with Crippen LogP contribution < -0.4 is 4.74 Å². The van der Waals surface area contributed by atoms with Gasteiger partial charge in [-0.05, 0) is 25.1 Å². The van der Waals surface area contributed by atoms with Crippen LogP contribution in [-0.4, -0.2) is 33.6 Å². The van der Waals surface area contributed by atoms with Crippen molar-refractivity contribution in [2.24, 2.45) is 0 Å². The summed E-state index contributed by atoms with van der Waals surface area (Å²) >= 11 is 7.19. The summed E-state index contributed by atoms with van der Waals surface area (Å²) in [4.78, 5) is 11.3. The van der Waals surface area contributed by atoms with Crippen LogP contribution in [0.5, 0.6) is 5.75 Å². The number of hydrogen-bond acceptors (Lipinski definition) is 6. The summed E-state index contributed by atoms with van der Waals surface area (Å²) in [6, 6.07) is 3.89. The zero-order valence-corrected chi connectivity index (χ0v) is 15.3. The molecule has 1 unspecified atom stereocenters. The zero-order chi connectivity index (χ0) is 18.4. The van der Waals surface area contributed by atoms with Crippen LogP contribution in [0.4, 0.5) is 4.39 Å². The number of methoxy groups -OCH3 is 1. The highest BCUT2D eigenvalue weighted by atomic mass is 35.5. The number of hydrogen-bond donors (Lipinski definition) is 0. The van der Waals surface area contributed by atoms with Gasteiger partial charge in [-0.2, -0.15) is 0 Å². The SMILES string of the molecule is C=CCn1c(SCC(=O)OC)nnc1C(C)Oc1ccc(F)cc1Cl. The summed E-state index contributed by atoms with van der Waals surface area (Å²) in [5.74, 6) is 0.189. The molecule has 0 N–H and O–H groups in total. The van der Waals surface area contributed by atoms with E-state index in [0.717, 1.165) is 0 Å². The molecule has 0 aliphatic heterocycles. The second kappa shape index (κ2) is 8.87. The Labute approximate surface area is 154 Å². The van der Waals surface area contributed by atoms with Crippen LogP contribution in [0.1, 0.15) is 18.9 Å². The number of esters is 1. The first kappa shape index (κ1) is 19.3. The lowest BCUT2D eigenvalue weighted by Crippen LogP contribution is -2.13. The Morgan fingerprint density at radius 3 is 2.92 bits per heavy atom. The minimum atomic E-state index is -0.497. The lowest BCUT2D eigenvalue weighted by molar-refractivity contribution is -0.137. The van der Waals surface area contributed by atoms with Gasteiger partial charge in [-0.25, -0.2) is 4.39 Å². The van der Waals surface area contributed by atoms with Crippen LogP contribution in [-0.2, 0) is 16.1 Å². The first-order valence-electron chi connectivity index (χ1n) is 7.31. The van der Waals surface area contributed by atoms with Gasteiger partial charge in [0.2, 0.25) is 0 Å². The molecule has 2 aromatic rings. The van der Waals surface area contributed by atoms with Gasteiger partial charge in [-0.15, -0.1) is 16.8 Å². The van der Waals surface area contributed by atoms with Gasteiger partial charge >= 0.3 is 5.97 Å². The maximum Gasteiger partial charge on any atom is 0.316 e. The fourth-order valence-corrected chi connectivity index (χ4v) is 3.00. The van der Waals surface area contributed by atoms with Crippen molar-refractivity contribution < 1.29 is 18.7 Å². The number of rotatable bonds is 8. The molecule has 0 aliphatic carbocycles. The minimum Gasteiger partial charge on any atom is -0.481 e. The average Bonchev–Trinajstić information content (AvgIpc) is 2.98. The molecule has 1 heterocycles. The highest BCUT2D eigenvalue weighted by molar-refractivity contribution is 7.99. The summed E-state index contributed by atoms with van der Waals surface area (Å²) in [7, 11) is 1.32. The third kappa shape index (κ3) is 4.96. The number of thioether (sulfide) groups is 1. The molecule has 0 saturated heterocycles. The molecule has 0 fully saturated rings. The van der Waals surface area contributed by atoms with Gasteiger partial charge in [0.15, 0.2) is 17.1 Å². The zero-order valence-electron chi connectivity index (χ0n) is 13.7. The van der Waals surface area contributed by atoms with Crippen LogP contribution in [0.15, 0.2) is 36.0 Å². The van der Waals surface area contributed by atoms with Gasteiger partial charge in [-0.3, -0.25) is 9.36 Å². The highest BCUT2D eigenvalue weighted by Crippen LogP contribution is 2.30. The van der Waals surface area contributed by atoms with Crippen LogP contribution in [0, 0.1) is 5.82 Å². The minimum absolute atomic E-state index is 0.116. The third-order valence-electron chi connectivity index (χ3n) is 3.17. The van der Waals surface area contributed by atoms with Crippen LogP contribution in [0.2, 0.25) is 5.02 Å². The predicted octanol–water partition coefficient (Wildman–Crippen LogP) is 3.66. The summed E-state index contributed by atoms with van der Waals surface area (Å²) in [5.41, 5.74) is 0. The second-order valence-corrected chi connectivity index (χ2v) is 6.29. The van der Waals surface area contributed by atoms with Gasteiger partial charge in [0.05, 0.1) is 17.9 Å². The molecule has 134 valence electrons. The highest BCUT2D eigenvalue weighted by Gasteiger charge is 2.20. The molecular formula is C16H17ClFN3O3S. The number of halogens is 2. The van der Waals surface area contributed by atoms with E-state index in [0.29, 0.717) is 23.3 Å². The van der Waals surface area contributed by atoms with E-state index in [1.807, 2.05) is 0 Å². The number of ether oxygens (including phenoxy) is 2. The second-order valence-electron chi connectivity index (χ2n) is 4.94. The van der Waals surface area contributed by atoms with Crippen LogP contribution in [0.25, 0.3) is 0 Å². The van der Waals surface area contributed by atoms with Gasteiger partial charge in [-0.1, -0.05) is 29.4 Å². The summed E-state index contributed by atoms with van der Waals surface area (Å²) in [5, 5.41) is 8.93. The summed E-state index contributed by atoms with van der Waals surface area (Å²) < 4.78 is 25.3. The molecule has 0 aliphatic rings. The predicted molar refractivity (Wildman–Crippen MR) is 93.4 cm³/mol. The molecule has 0 saturated carbocycles. The van der Waals surface area contributed by atoms with Crippen molar-refractivity contribution in [3.05, 3.63) is 47.5 Å². The van der Waals surface area contributed by atoms with Crippen molar-refractivity contribution in [3.8, 4) is 5.75 Å². The Morgan fingerprint density at radius 1 is 1.52 bits per heavy atom. The third-order valence-corrected chi connectivity index (χ3v) is 4.40. The van der Waals surface area contributed by atoms with Crippen molar-refractivity contribution in [1.29, 1.82) is 0 Å². The van der Waals surface area contributed by atoms with E-state index in [1.54, 1.807) is 17.6 Å². The quantitative estimate of drug-likeness (QED) is 0.392. The molecule has 2 rings (SSSR count). The van der Waals surface area contributed by atoms with Gasteiger partial charge in [0.1, 0.15) is 11.6 Å². The van der Waals surface area contributed by atoms with Crippen molar-refractivity contribution >= 4 is 29.3 Å². The van der Waals surface area contributed by atoms with E-state index >= 15 is 0 Å². The fourth-order valence-electron chi connectivity index (χ4n) is 2.00. The molecule has 0 amide bonds. The standard InChI is InChI=1S/C16H17ClFN3O3S/c1-4-7-21-15(19-20-16(21)25-9-14(22)23-3)10(2)24-13-6-5-11(18)8-12(13)17/h4-6,8,10H,1,7,9H2,2-3H3. The van der Waals surface area contributed by atoms with Gasteiger partial charge < -0.3 is 9.47 Å². The largest absolute Gasteiger partial charge is 0.481 e. The molecule has 1 aromatic heterocycles. The van der Waals surface area contributed by atoms with Crippen molar-refractivity contribution in [2.75, 3.05) is 12.9 Å². The Bertz CT molecular complexity index is 769. The number of carbonyl (C=O) groups is 1. The average molecular weight is 386 g/mol. The lowest BCUT2D eigenvalue weighted by Gasteiger charge is -2.16. The van der Waals surface area contributed by atoms with Gasteiger partial charge in [0.25, 0.3) is 0 Å². The normalized spacial score (nSPS) is 11.8. The first-order chi connectivity index (χ1) is 12.0. The van der Waals surface area contributed by atoms with Crippen molar-refractivity contribution in [2.45, 2.75) is 24.7 Å². The van der Waals surface area contributed by atoms with E-state index in [2.05, 4.69) is 21.5 Å². The summed E-state index contributed by atoms with van der Waals surface area (Å²) in [6.45, 7) is 5.93. The van der Waals surface area contributed by atoms with Gasteiger partial charge in [0, 0.05) is 6.54 Å².